The fraction of sp³-hybridized carbons (Fsp3) is 0.278. The number of anilines is 3. The summed E-state index contributed by atoms with van der Waals surface area (Å²) in [4.78, 5) is 28.3. The van der Waals surface area contributed by atoms with E-state index in [1.54, 1.807) is 23.2 Å². The number of hydrogen-bond acceptors (Lipinski definition) is 8. The van der Waals surface area contributed by atoms with Gasteiger partial charge in [0, 0.05) is 45.5 Å². The molecule has 1 saturated heterocycles. The van der Waals surface area contributed by atoms with E-state index in [0.29, 0.717) is 28.2 Å². The van der Waals surface area contributed by atoms with E-state index in [0.717, 1.165) is 26.2 Å². The Labute approximate surface area is 155 Å². The number of benzene rings is 1. The molecule has 2 aromatic heterocycles. The van der Waals surface area contributed by atoms with E-state index in [4.69, 9.17) is 0 Å². The van der Waals surface area contributed by atoms with Gasteiger partial charge in [-0.2, -0.15) is 0 Å². The topological polar surface area (TPSA) is 100 Å². The van der Waals surface area contributed by atoms with Crippen LogP contribution in [0.15, 0.2) is 42.9 Å². The van der Waals surface area contributed by atoms with Gasteiger partial charge in [-0.25, -0.2) is 15.0 Å². The highest BCUT2D eigenvalue weighted by Crippen LogP contribution is 2.36. The Hall–Kier alpha value is -3.33. The Morgan fingerprint density at radius 1 is 1.19 bits per heavy atom. The smallest absolute Gasteiger partial charge is 0.293 e. The summed E-state index contributed by atoms with van der Waals surface area (Å²) >= 11 is 0. The fourth-order valence-electron chi connectivity index (χ4n) is 3.30. The Bertz CT molecular complexity index is 974. The molecule has 0 spiro atoms. The van der Waals surface area contributed by atoms with Crippen molar-refractivity contribution in [1.29, 1.82) is 0 Å². The van der Waals surface area contributed by atoms with Crippen molar-refractivity contribution in [2.24, 2.45) is 0 Å². The van der Waals surface area contributed by atoms with Crippen LogP contribution in [0.4, 0.5) is 23.0 Å². The van der Waals surface area contributed by atoms with E-state index in [1.807, 2.05) is 30.1 Å². The van der Waals surface area contributed by atoms with Gasteiger partial charge < -0.3 is 15.1 Å². The first kappa shape index (κ1) is 17.1. The summed E-state index contributed by atoms with van der Waals surface area (Å²) in [5.41, 5.74) is 1.33. The molecule has 0 aliphatic carbocycles. The van der Waals surface area contributed by atoms with Crippen LogP contribution in [0.1, 0.15) is 0 Å². The second kappa shape index (κ2) is 7.12. The third kappa shape index (κ3) is 3.24. The number of rotatable bonds is 4. The van der Waals surface area contributed by atoms with E-state index in [2.05, 4.69) is 20.3 Å². The first-order chi connectivity index (χ1) is 13.1. The molecule has 27 heavy (non-hydrogen) atoms. The summed E-state index contributed by atoms with van der Waals surface area (Å²) in [7, 11) is 1.83. The van der Waals surface area contributed by atoms with Gasteiger partial charge in [0.25, 0.3) is 5.69 Å². The number of hydrogen-bond donors (Lipinski definition) is 1. The standard InChI is InChI=1S/C18H19N7O2/c1-23(17-4-2-3-5-20-17)18-13-10-16(25(26)27)15(11-14(13)21-12-22-18)24-8-6-19-7-9-24/h2-5,10-12,19H,6-9H2,1H3. The molecule has 4 rings (SSSR count). The number of nitro benzene ring substituents is 1. The molecule has 0 saturated carbocycles. The lowest BCUT2D eigenvalue weighted by molar-refractivity contribution is -0.384. The molecule has 3 heterocycles. The van der Waals surface area contributed by atoms with Gasteiger partial charge >= 0.3 is 0 Å². The van der Waals surface area contributed by atoms with Crippen molar-refractivity contribution in [3.63, 3.8) is 0 Å². The van der Waals surface area contributed by atoms with Gasteiger partial charge in [-0.15, -0.1) is 0 Å². The lowest BCUT2D eigenvalue weighted by Crippen LogP contribution is -2.43. The van der Waals surface area contributed by atoms with Crippen LogP contribution in [0.2, 0.25) is 0 Å². The molecule has 0 amide bonds. The highest BCUT2D eigenvalue weighted by molar-refractivity contribution is 5.96. The van der Waals surface area contributed by atoms with E-state index in [1.165, 1.54) is 6.33 Å². The van der Waals surface area contributed by atoms with E-state index < -0.39 is 0 Å². The largest absolute Gasteiger partial charge is 0.363 e. The summed E-state index contributed by atoms with van der Waals surface area (Å²) in [6.45, 7) is 3.04. The predicted octanol–water partition coefficient (Wildman–Crippen LogP) is 2.11. The van der Waals surface area contributed by atoms with E-state index in [9.17, 15) is 10.1 Å². The SMILES string of the molecule is CN(c1ccccn1)c1ncnc2cc(N3CCNCC3)c([N+](=O)[O-])cc12. The lowest BCUT2D eigenvalue weighted by atomic mass is 10.1. The Balaban J connectivity index is 1.85. The van der Waals surface area contributed by atoms with Crippen LogP contribution in [0.25, 0.3) is 10.9 Å². The van der Waals surface area contributed by atoms with Crippen molar-refractivity contribution in [3.8, 4) is 0 Å². The number of fused-ring (bicyclic) bond motifs is 1. The van der Waals surface area contributed by atoms with Crippen LogP contribution in [0.5, 0.6) is 0 Å². The van der Waals surface area contributed by atoms with Crippen molar-refractivity contribution >= 4 is 33.9 Å². The second-order valence-corrected chi connectivity index (χ2v) is 6.30. The van der Waals surface area contributed by atoms with Gasteiger partial charge in [0.15, 0.2) is 0 Å². The summed E-state index contributed by atoms with van der Waals surface area (Å²) < 4.78 is 0. The molecule has 1 fully saturated rings. The third-order valence-corrected chi connectivity index (χ3v) is 4.68. The molecule has 138 valence electrons. The monoisotopic (exact) mass is 365 g/mol. The van der Waals surface area contributed by atoms with Gasteiger partial charge in [0.1, 0.15) is 23.7 Å². The maximum Gasteiger partial charge on any atom is 0.293 e. The first-order valence-electron chi connectivity index (χ1n) is 8.69. The van der Waals surface area contributed by atoms with E-state index >= 15 is 0 Å². The lowest BCUT2D eigenvalue weighted by Gasteiger charge is -2.29. The quantitative estimate of drug-likeness (QED) is 0.554. The number of piperazine rings is 1. The van der Waals surface area contributed by atoms with E-state index in [-0.39, 0.29) is 10.6 Å². The van der Waals surface area contributed by atoms with Crippen molar-refractivity contribution in [2.45, 2.75) is 0 Å². The normalized spacial score (nSPS) is 14.3. The molecule has 0 radical (unpaired) electrons. The van der Waals surface area contributed by atoms with Crippen LogP contribution in [0.3, 0.4) is 0 Å². The summed E-state index contributed by atoms with van der Waals surface area (Å²) in [6, 6.07) is 8.93. The predicted molar refractivity (Wildman–Crippen MR) is 104 cm³/mol. The zero-order valence-electron chi connectivity index (χ0n) is 14.9. The third-order valence-electron chi connectivity index (χ3n) is 4.68. The molecule has 1 N–H and O–H groups in total. The molecule has 0 bridgehead atoms. The average Bonchev–Trinajstić information content (AvgIpc) is 2.73. The van der Waals surface area contributed by atoms with Gasteiger partial charge in [0.2, 0.25) is 0 Å². The summed E-state index contributed by atoms with van der Waals surface area (Å²) in [5.74, 6) is 1.28. The van der Waals surface area contributed by atoms with Crippen LogP contribution >= 0.6 is 0 Å². The Morgan fingerprint density at radius 3 is 2.70 bits per heavy atom. The molecule has 9 nitrogen and oxygen atoms in total. The number of pyridine rings is 1. The second-order valence-electron chi connectivity index (χ2n) is 6.30. The minimum absolute atomic E-state index is 0.0647. The van der Waals surface area contributed by atoms with Crippen LogP contribution in [-0.4, -0.2) is 53.1 Å². The number of nitrogens with zero attached hydrogens (tertiary/aromatic N) is 6. The van der Waals surface area contributed by atoms with Crippen molar-refractivity contribution < 1.29 is 4.92 Å². The molecule has 1 aliphatic heterocycles. The molecule has 1 aliphatic rings. The van der Waals surface area contributed by atoms with Gasteiger partial charge in [-0.1, -0.05) is 6.07 Å². The molecular weight excluding hydrogens is 346 g/mol. The molecule has 1 aromatic carbocycles. The molecule has 3 aromatic rings. The van der Waals surface area contributed by atoms with Crippen molar-refractivity contribution in [3.05, 3.63) is 53.0 Å². The van der Waals surface area contributed by atoms with Crippen LogP contribution in [-0.2, 0) is 0 Å². The molecule has 0 unspecified atom stereocenters. The number of aromatic nitrogens is 3. The molecular formula is C18H19N7O2. The maximum absolute atomic E-state index is 11.8. The fourth-order valence-corrected chi connectivity index (χ4v) is 3.30. The van der Waals surface area contributed by atoms with Crippen molar-refractivity contribution in [1.82, 2.24) is 20.3 Å². The Morgan fingerprint density at radius 2 is 2.00 bits per heavy atom. The molecule has 9 heteroatoms. The first-order valence-corrected chi connectivity index (χ1v) is 8.69. The number of nitro groups is 1. The zero-order valence-corrected chi connectivity index (χ0v) is 14.9. The highest BCUT2D eigenvalue weighted by atomic mass is 16.6. The zero-order chi connectivity index (χ0) is 18.8. The number of nitrogens with one attached hydrogen (secondary N) is 1. The minimum Gasteiger partial charge on any atom is -0.363 e. The summed E-state index contributed by atoms with van der Waals surface area (Å²) in [5, 5.41) is 15.6. The maximum atomic E-state index is 11.8. The Kier molecular flexibility index (Phi) is 4.51. The highest BCUT2D eigenvalue weighted by Gasteiger charge is 2.24. The van der Waals surface area contributed by atoms with Gasteiger partial charge in [0.05, 0.1) is 15.8 Å². The molecule has 0 atom stereocenters. The minimum atomic E-state index is -0.339. The summed E-state index contributed by atoms with van der Waals surface area (Å²) in [6.07, 6.45) is 3.17. The van der Waals surface area contributed by atoms with Gasteiger partial charge in [-0.3, -0.25) is 10.1 Å². The van der Waals surface area contributed by atoms with Gasteiger partial charge in [-0.05, 0) is 18.2 Å². The van der Waals surface area contributed by atoms with Crippen LogP contribution < -0.4 is 15.1 Å². The average molecular weight is 365 g/mol. The van der Waals surface area contributed by atoms with Crippen LogP contribution in [0, 0.1) is 10.1 Å². The van der Waals surface area contributed by atoms with Crippen molar-refractivity contribution in [2.75, 3.05) is 43.0 Å².